The van der Waals surface area contributed by atoms with Crippen molar-refractivity contribution in [3.8, 4) is 40.1 Å². The largest absolute Gasteiger partial charge is 0.508 e. The third-order valence-corrected chi connectivity index (χ3v) is 6.93. The Labute approximate surface area is 243 Å². The van der Waals surface area contributed by atoms with E-state index in [9.17, 15) is 45.3 Å². The van der Waals surface area contributed by atoms with Crippen LogP contribution in [0.1, 0.15) is 12.0 Å². The predicted molar refractivity (Wildman–Crippen MR) is 148 cm³/mol. The normalized spacial score (nSPS) is 21.9. The molecule has 1 saturated heterocycles. The summed E-state index contributed by atoms with van der Waals surface area (Å²) in [6.07, 6.45) is -8.25. The molecule has 0 bridgehead atoms. The van der Waals surface area contributed by atoms with Crippen LogP contribution in [-0.4, -0.2) is 79.0 Å². The summed E-state index contributed by atoms with van der Waals surface area (Å²) in [5, 5.41) is 71.3. The van der Waals surface area contributed by atoms with E-state index in [1.807, 2.05) is 30.3 Å². The van der Waals surface area contributed by atoms with Crippen molar-refractivity contribution < 1.29 is 59.2 Å². The molecule has 43 heavy (non-hydrogen) atoms. The second-order valence-corrected chi connectivity index (χ2v) is 9.93. The lowest BCUT2D eigenvalue weighted by atomic mass is 9.99. The summed E-state index contributed by atoms with van der Waals surface area (Å²) in [6, 6.07) is 14.6. The molecule has 1 aromatic heterocycles. The summed E-state index contributed by atoms with van der Waals surface area (Å²) in [7, 11) is 0. The zero-order valence-corrected chi connectivity index (χ0v) is 22.4. The number of aliphatic hydroxyl groups is 3. The topological polar surface area (TPSA) is 217 Å². The van der Waals surface area contributed by atoms with Gasteiger partial charge in [0.1, 0.15) is 53.5 Å². The molecule has 7 N–H and O–H groups in total. The van der Waals surface area contributed by atoms with Crippen molar-refractivity contribution in [3.63, 3.8) is 0 Å². The summed E-state index contributed by atoms with van der Waals surface area (Å²) in [5.41, 5.74) is -0.338. The van der Waals surface area contributed by atoms with E-state index in [4.69, 9.17) is 18.6 Å². The Bertz CT molecular complexity index is 1680. The van der Waals surface area contributed by atoms with E-state index >= 15 is 0 Å². The van der Waals surface area contributed by atoms with Gasteiger partial charge < -0.3 is 54.4 Å². The van der Waals surface area contributed by atoms with Gasteiger partial charge in [0.25, 0.3) is 0 Å². The maximum absolute atomic E-state index is 13.6. The van der Waals surface area contributed by atoms with Crippen LogP contribution in [0.2, 0.25) is 0 Å². The quantitative estimate of drug-likeness (QED) is 0.114. The fraction of sp³-hybridized carbons (Fsp3) is 0.267. The number of phenolic OH excluding ortho intramolecular Hbond substituents is 4. The van der Waals surface area contributed by atoms with Crippen LogP contribution in [0.3, 0.4) is 0 Å². The van der Waals surface area contributed by atoms with E-state index in [0.29, 0.717) is 6.42 Å². The highest BCUT2D eigenvalue weighted by molar-refractivity contribution is 5.88. The summed E-state index contributed by atoms with van der Waals surface area (Å²) >= 11 is 0. The number of carbonyl (C=O) groups is 1. The van der Waals surface area contributed by atoms with Crippen LogP contribution in [0.25, 0.3) is 22.3 Å². The van der Waals surface area contributed by atoms with Crippen LogP contribution in [0, 0.1) is 0 Å². The molecule has 0 saturated carbocycles. The van der Waals surface area contributed by atoms with Crippen LogP contribution < -0.4 is 10.2 Å². The smallest absolute Gasteiger partial charge is 0.306 e. The van der Waals surface area contributed by atoms with Crippen LogP contribution in [-0.2, 0) is 20.7 Å². The van der Waals surface area contributed by atoms with Crippen LogP contribution in [0.15, 0.2) is 69.9 Å². The van der Waals surface area contributed by atoms with Crippen molar-refractivity contribution in [1.29, 1.82) is 0 Å². The Morgan fingerprint density at radius 1 is 0.837 bits per heavy atom. The predicted octanol–water partition coefficient (Wildman–Crippen LogP) is 1.64. The van der Waals surface area contributed by atoms with E-state index in [-0.39, 0.29) is 23.3 Å². The lowest BCUT2D eigenvalue weighted by Gasteiger charge is -2.39. The number of benzene rings is 3. The minimum absolute atomic E-state index is 0.00177. The molecule has 3 aromatic carbocycles. The number of esters is 1. The molecular weight excluding hydrogens is 568 g/mol. The Hall–Kier alpha value is -4.82. The average molecular weight is 597 g/mol. The number of fused-ring (bicyclic) bond motifs is 1. The van der Waals surface area contributed by atoms with E-state index in [1.165, 1.54) is 6.07 Å². The fourth-order valence-corrected chi connectivity index (χ4v) is 4.64. The number of phenols is 4. The number of aromatic hydroxyl groups is 4. The van der Waals surface area contributed by atoms with Gasteiger partial charge in [0.15, 0.2) is 17.3 Å². The first-order valence-corrected chi connectivity index (χ1v) is 13.1. The SMILES string of the molecule is O=C(CCc1ccccc1)OC[C@@H]1O[C@H](Oc2c(-c3ccc(O)c(O)c3)oc3cc(O)cc(O)c3c2=O)[C@@H](O)[C@H](O)[C@H]1O. The molecule has 5 atom stereocenters. The third kappa shape index (κ3) is 6.20. The van der Waals surface area contributed by atoms with Crippen molar-refractivity contribution >= 4 is 16.9 Å². The maximum atomic E-state index is 13.6. The minimum atomic E-state index is -1.91. The lowest BCUT2D eigenvalue weighted by Crippen LogP contribution is -2.60. The summed E-state index contributed by atoms with van der Waals surface area (Å²) in [6.45, 7) is -0.524. The molecule has 226 valence electrons. The van der Waals surface area contributed by atoms with E-state index in [2.05, 4.69) is 0 Å². The molecule has 1 aliphatic heterocycles. The molecule has 0 amide bonds. The second-order valence-electron chi connectivity index (χ2n) is 9.93. The average Bonchev–Trinajstić information content (AvgIpc) is 2.98. The van der Waals surface area contributed by atoms with E-state index in [0.717, 1.165) is 29.8 Å². The van der Waals surface area contributed by atoms with Crippen molar-refractivity contribution in [2.24, 2.45) is 0 Å². The van der Waals surface area contributed by atoms with Gasteiger partial charge in [-0.1, -0.05) is 30.3 Å². The molecule has 0 unspecified atom stereocenters. The van der Waals surface area contributed by atoms with Gasteiger partial charge in [-0.25, -0.2) is 0 Å². The van der Waals surface area contributed by atoms with Crippen molar-refractivity contribution in [2.75, 3.05) is 6.61 Å². The summed E-state index contributed by atoms with van der Waals surface area (Å²) < 4.78 is 22.3. The number of ether oxygens (including phenoxy) is 3. The van der Waals surface area contributed by atoms with Gasteiger partial charge in [-0.15, -0.1) is 0 Å². The number of rotatable bonds is 8. The van der Waals surface area contributed by atoms with Crippen molar-refractivity contribution in [2.45, 2.75) is 43.5 Å². The van der Waals surface area contributed by atoms with E-state index < -0.39 is 82.8 Å². The van der Waals surface area contributed by atoms with Crippen molar-refractivity contribution in [3.05, 3.63) is 76.5 Å². The molecule has 1 aliphatic rings. The van der Waals surface area contributed by atoms with E-state index in [1.54, 1.807) is 0 Å². The molecule has 5 rings (SSSR count). The monoisotopic (exact) mass is 596 g/mol. The zero-order chi connectivity index (χ0) is 30.8. The number of hydrogen-bond donors (Lipinski definition) is 7. The standard InChI is InChI=1S/C30H28O13/c31-16-11-19(34)23-20(12-16)41-28(15-7-8-17(32)18(33)10-15)29(25(23)37)43-30-27(39)26(38)24(36)21(42-30)13-40-22(35)9-6-14-4-2-1-3-5-14/h1-5,7-8,10-12,21,24,26-27,30-34,36,38-39H,6,9,13H2/t21-,24-,26+,27-,30+/m0/s1. The summed E-state index contributed by atoms with van der Waals surface area (Å²) in [5.74, 6) is -3.76. The van der Waals surface area contributed by atoms with Gasteiger partial charge in [0.05, 0.1) is 0 Å². The molecule has 0 aliphatic carbocycles. The number of carbonyl (C=O) groups excluding carboxylic acids is 1. The fourth-order valence-electron chi connectivity index (χ4n) is 4.64. The van der Waals surface area contributed by atoms with Gasteiger partial charge in [-0.3, -0.25) is 9.59 Å². The molecule has 0 radical (unpaired) electrons. The summed E-state index contributed by atoms with van der Waals surface area (Å²) in [4.78, 5) is 25.9. The van der Waals surface area contributed by atoms with Gasteiger partial charge in [0.2, 0.25) is 17.5 Å². The van der Waals surface area contributed by atoms with Gasteiger partial charge in [-0.2, -0.15) is 0 Å². The Morgan fingerprint density at radius 3 is 2.30 bits per heavy atom. The highest BCUT2D eigenvalue weighted by Gasteiger charge is 2.46. The highest BCUT2D eigenvalue weighted by Crippen LogP contribution is 2.39. The molecule has 4 aromatic rings. The first-order chi connectivity index (χ1) is 20.5. The Morgan fingerprint density at radius 2 is 1.58 bits per heavy atom. The maximum Gasteiger partial charge on any atom is 0.306 e. The first kappa shape index (κ1) is 29.7. The molecule has 13 nitrogen and oxygen atoms in total. The number of aliphatic hydroxyl groups excluding tert-OH is 3. The molecule has 2 heterocycles. The first-order valence-electron chi connectivity index (χ1n) is 13.1. The number of aryl methyl sites for hydroxylation is 1. The van der Waals surface area contributed by atoms with Gasteiger partial charge in [0, 0.05) is 24.1 Å². The molecular formula is C30H28O13. The molecule has 0 spiro atoms. The van der Waals surface area contributed by atoms with Gasteiger partial charge >= 0.3 is 5.97 Å². The highest BCUT2D eigenvalue weighted by atomic mass is 16.7. The van der Waals surface area contributed by atoms with Gasteiger partial charge in [-0.05, 0) is 30.2 Å². The van der Waals surface area contributed by atoms with Crippen LogP contribution in [0.4, 0.5) is 0 Å². The van der Waals surface area contributed by atoms with Crippen LogP contribution >= 0.6 is 0 Å². The van der Waals surface area contributed by atoms with Crippen molar-refractivity contribution in [1.82, 2.24) is 0 Å². The van der Waals surface area contributed by atoms with Crippen LogP contribution in [0.5, 0.6) is 28.7 Å². The second kappa shape index (κ2) is 12.2. The zero-order valence-electron chi connectivity index (χ0n) is 22.4. The number of hydrogen-bond acceptors (Lipinski definition) is 13. The Kier molecular flexibility index (Phi) is 8.41. The third-order valence-electron chi connectivity index (χ3n) is 6.93. The Balaban J connectivity index is 1.43. The molecule has 13 heteroatoms. The lowest BCUT2D eigenvalue weighted by molar-refractivity contribution is -0.278. The molecule has 1 fully saturated rings. The minimum Gasteiger partial charge on any atom is -0.508 e.